The smallest absolute Gasteiger partial charge is 0.322 e. The molecule has 5 heteroatoms. The molecule has 27 heavy (non-hydrogen) atoms. The van der Waals surface area contributed by atoms with E-state index in [0.717, 1.165) is 34.8 Å². The van der Waals surface area contributed by atoms with Gasteiger partial charge in [-0.25, -0.2) is 4.79 Å². The second-order valence-electron chi connectivity index (χ2n) is 6.80. The van der Waals surface area contributed by atoms with Gasteiger partial charge >= 0.3 is 6.03 Å². The van der Waals surface area contributed by atoms with Crippen LogP contribution in [0.5, 0.6) is 5.75 Å². The molecule has 0 saturated carbocycles. The molecule has 1 aromatic heterocycles. The van der Waals surface area contributed by atoms with E-state index < -0.39 is 0 Å². The molecule has 2 amide bonds. The highest BCUT2D eigenvalue weighted by atomic mass is 16.5. The Kier molecular flexibility index (Phi) is 4.59. The minimum atomic E-state index is -0.159. The third-order valence-electron chi connectivity index (χ3n) is 4.98. The maximum atomic E-state index is 13.1. The number of fused-ring (bicyclic) bond motifs is 1. The molecule has 1 atom stereocenters. The SMILES string of the molecule is COc1cccc(C2c3cccn3CCN2C(=O)Nc2cccc(C)c2)c1. The first-order valence-corrected chi connectivity index (χ1v) is 9.09. The predicted molar refractivity (Wildman–Crippen MR) is 106 cm³/mol. The Bertz CT molecular complexity index is 963. The number of hydrogen-bond acceptors (Lipinski definition) is 2. The summed E-state index contributed by atoms with van der Waals surface area (Å²) in [6.07, 6.45) is 2.07. The molecule has 0 bridgehead atoms. The highest BCUT2D eigenvalue weighted by Crippen LogP contribution is 2.34. The quantitative estimate of drug-likeness (QED) is 0.749. The largest absolute Gasteiger partial charge is 0.497 e. The van der Waals surface area contributed by atoms with E-state index in [1.807, 2.05) is 66.4 Å². The molecule has 2 aromatic carbocycles. The third-order valence-corrected chi connectivity index (χ3v) is 4.98. The third kappa shape index (κ3) is 3.40. The van der Waals surface area contributed by atoms with Gasteiger partial charge in [0.25, 0.3) is 0 Å². The maximum absolute atomic E-state index is 13.1. The maximum Gasteiger partial charge on any atom is 0.322 e. The Morgan fingerprint density at radius 2 is 1.93 bits per heavy atom. The van der Waals surface area contributed by atoms with Gasteiger partial charge in [0.05, 0.1) is 13.2 Å². The number of nitrogens with zero attached hydrogens (tertiary/aromatic N) is 2. The van der Waals surface area contributed by atoms with Crippen LogP contribution in [-0.2, 0) is 6.54 Å². The van der Waals surface area contributed by atoms with Gasteiger partial charge in [0, 0.05) is 30.7 Å². The fourth-order valence-corrected chi connectivity index (χ4v) is 3.68. The van der Waals surface area contributed by atoms with Crippen molar-refractivity contribution in [2.24, 2.45) is 0 Å². The van der Waals surface area contributed by atoms with Gasteiger partial charge < -0.3 is 19.5 Å². The van der Waals surface area contributed by atoms with Crippen molar-refractivity contribution >= 4 is 11.7 Å². The molecule has 2 heterocycles. The van der Waals surface area contributed by atoms with Crippen molar-refractivity contribution < 1.29 is 9.53 Å². The number of benzene rings is 2. The summed E-state index contributed by atoms with van der Waals surface area (Å²) >= 11 is 0. The van der Waals surface area contributed by atoms with Crippen molar-refractivity contribution in [1.29, 1.82) is 0 Å². The van der Waals surface area contributed by atoms with Gasteiger partial charge in [-0.3, -0.25) is 0 Å². The molecule has 1 aliphatic heterocycles. The summed E-state index contributed by atoms with van der Waals surface area (Å²) in [7, 11) is 1.66. The first kappa shape index (κ1) is 17.2. The van der Waals surface area contributed by atoms with Crippen molar-refractivity contribution in [2.75, 3.05) is 19.0 Å². The molecule has 1 aliphatic rings. The van der Waals surface area contributed by atoms with Crippen LogP contribution in [0.3, 0.4) is 0 Å². The van der Waals surface area contributed by atoms with Gasteiger partial charge in [-0.2, -0.15) is 0 Å². The molecule has 138 valence electrons. The molecular weight excluding hydrogens is 338 g/mol. The Hall–Kier alpha value is -3.21. The van der Waals surface area contributed by atoms with Crippen LogP contribution in [-0.4, -0.2) is 29.2 Å². The first-order chi connectivity index (χ1) is 13.2. The summed E-state index contributed by atoms with van der Waals surface area (Å²) in [5.74, 6) is 0.787. The van der Waals surface area contributed by atoms with Crippen molar-refractivity contribution in [3.05, 3.63) is 83.7 Å². The summed E-state index contributed by atoms with van der Waals surface area (Å²) in [6, 6.07) is 19.6. The van der Waals surface area contributed by atoms with E-state index in [1.165, 1.54) is 0 Å². The Morgan fingerprint density at radius 1 is 1.07 bits per heavy atom. The van der Waals surface area contributed by atoms with E-state index in [4.69, 9.17) is 4.74 Å². The van der Waals surface area contributed by atoms with E-state index in [9.17, 15) is 4.79 Å². The minimum absolute atomic E-state index is 0.0964. The van der Waals surface area contributed by atoms with Gasteiger partial charge in [0.15, 0.2) is 0 Å². The number of anilines is 1. The Balaban J connectivity index is 1.69. The minimum Gasteiger partial charge on any atom is -0.497 e. The molecular formula is C22H23N3O2. The summed E-state index contributed by atoms with van der Waals surface area (Å²) in [5, 5.41) is 3.05. The van der Waals surface area contributed by atoms with Crippen LogP contribution in [0, 0.1) is 6.92 Å². The lowest BCUT2D eigenvalue weighted by Gasteiger charge is -2.37. The zero-order chi connectivity index (χ0) is 18.8. The van der Waals surface area contributed by atoms with Crippen LogP contribution < -0.4 is 10.1 Å². The fraction of sp³-hybridized carbons (Fsp3) is 0.227. The number of methoxy groups -OCH3 is 1. The molecule has 1 unspecified atom stereocenters. The highest BCUT2D eigenvalue weighted by Gasteiger charge is 2.32. The number of carbonyl (C=O) groups excluding carboxylic acids is 1. The second kappa shape index (κ2) is 7.19. The summed E-state index contributed by atoms with van der Waals surface area (Å²) in [6.45, 7) is 3.44. The first-order valence-electron chi connectivity index (χ1n) is 9.09. The molecule has 3 aromatic rings. The van der Waals surface area contributed by atoms with Gasteiger partial charge in [0.2, 0.25) is 0 Å². The monoisotopic (exact) mass is 361 g/mol. The van der Waals surface area contributed by atoms with Gasteiger partial charge in [-0.1, -0.05) is 24.3 Å². The second-order valence-corrected chi connectivity index (χ2v) is 6.80. The zero-order valence-corrected chi connectivity index (χ0v) is 15.6. The van der Waals surface area contributed by atoms with Crippen LogP contribution in [0.4, 0.5) is 10.5 Å². The predicted octanol–water partition coefficient (Wildman–Crippen LogP) is 4.44. The summed E-state index contributed by atoms with van der Waals surface area (Å²) in [5.41, 5.74) is 4.07. The van der Waals surface area contributed by atoms with Crippen molar-refractivity contribution in [2.45, 2.75) is 19.5 Å². The normalized spacial score (nSPS) is 15.9. The standard InChI is InChI=1S/C22H23N3O2/c1-16-6-3-8-18(14-16)23-22(26)25-13-12-24-11-5-10-20(24)21(25)17-7-4-9-19(15-17)27-2/h3-11,14-15,21H,12-13H2,1-2H3,(H,23,26). The molecule has 0 saturated heterocycles. The summed E-state index contributed by atoms with van der Waals surface area (Å²) < 4.78 is 7.60. The fourth-order valence-electron chi connectivity index (χ4n) is 3.68. The lowest BCUT2D eigenvalue weighted by atomic mass is 10.00. The van der Waals surface area contributed by atoms with E-state index in [0.29, 0.717) is 6.54 Å². The van der Waals surface area contributed by atoms with Crippen LogP contribution in [0.25, 0.3) is 0 Å². The molecule has 0 aliphatic carbocycles. The van der Waals surface area contributed by atoms with Crippen LogP contribution in [0.15, 0.2) is 66.9 Å². The topological polar surface area (TPSA) is 46.5 Å². The number of aromatic nitrogens is 1. The zero-order valence-electron chi connectivity index (χ0n) is 15.6. The lowest BCUT2D eigenvalue weighted by molar-refractivity contribution is 0.181. The number of ether oxygens (including phenoxy) is 1. The average Bonchev–Trinajstić information content (AvgIpc) is 3.16. The molecule has 4 rings (SSSR count). The molecule has 5 nitrogen and oxygen atoms in total. The highest BCUT2D eigenvalue weighted by molar-refractivity contribution is 5.90. The van der Waals surface area contributed by atoms with Crippen LogP contribution in [0.1, 0.15) is 22.9 Å². The number of amides is 2. The van der Waals surface area contributed by atoms with E-state index in [2.05, 4.69) is 22.1 Å². The van der Waals surface area contributed by atoms with Gasteiger partial charge in [-0.05, 0) is 54.4 Å². The average molecular weight is 361 g/mol. The van der Waals surface area contributed by atoms with E-state index >= 15 is 0 Å². The molecule has 0 spiro atoms. The Labute approximate surface area is 159 Å². The van der Waals surface area contributed by atoms with Crippen LogP contribution in [0.2, 0.25) is 0 Å². The van der Waals surface area contributed by atoms with Crippen molar-refractivity contribution in [3.63, 3.8) is 0 Å². The number of rotatable bonds is 3. The molecule has 0 radical (unpaired) electrons. The van der Waals surface area contributed by atoms with E-state index in [1.54, 1.807) is 7.11 Å². The number of hydrogen-bond donors (Lipinski definition) is 1. The molecule has 1 N–H and O–H groups in total. The number of carbonyl (C=O) groups is 1. The van der Waals surface area contributed by atoms with E-state index in [-0.39, 0.29) is 12.1 Å². The molecule has 0 fully saturated rings. The van der Waals surface area contributed by atoms with Crippen molar-refractivity contribution in [1.82, 2.24) is 9.47 Å². The van der Waals surface area contributed by atoms with Crippen molar-refractivity contribution in [3.8, 4) is 5.75 Å². The Morgan fingerprint density at radius 3 is 2.74 bits per heavy atom. The number of aryl methyl sites for hydroxylation is 1. The number of urea groups is 1. The lowest BCUT2D eigenvalue weighted by Crippen LogP contribution is -2.44. The van der Waals surface area contributed by atoms with Gasteiger partial charge in [-0.15, -0.1) is 0 Å². The summed E-state index contributed by atoms with van der Waals surface area (Å²) in [4.78, 5) is 15.0. The van der Waals surface area contributed by atoms with Crippen LogP contribution >= 0.6 is 0 Å². The van der Waals surface area contributed by atoms with Gasteiger partial charge in [0.1, 0.15) is 5.75 Å². The number of nitrogens with one attached hydrogen (secondary N) is 1.